The summed E-state index contributed by atoms with van der Waals surface area (Å²) < 4.78 is 0. The lowest BCUT2D eigenvalue weighted by Crippen LogP contribution is -2.24. The molecule has 3 rings (SSSR count). The van der Waals surface area contributed by atoms with Crippen molar-refractivity contribution in [3.05, 3.63) is 58.0 Å². The van der Waals surface area contributed by atoms with Gasteiger partial charge in [0.2, 0.25) is 11.7 Å². The number of pyridine rings is 1. The van der Waals surface area contributed by atoms with E-state index in [0.717, 1.165) is 5.39 Å². The summed E-state index contributed by atoms with van der Waals surface area (Å²) >= 11 is 12.0. The summed E-state index contributed by atoms with van der Waals surface area (Å²) in [5.74, 6) is -0.549. The summed E-state index contributed by atoms with van der Waals surface area (Å²) in [6, 6.07) is 8.26. The Hall–Kier alpha value is -2.37. The first-order valence-electron chi connectivity index (χ1n) is 7.10. The molecule has 0 aliphatic carbocycles. The quantitative estimate of drug-likeness (QED) is 0.714. The fourth-order valence-electron chi connectivity index (χ4n) is 2.48. The van der Waals surface area contributed by atoms with E-state index in [1.54, 1.807) is 31.3 Å². The van der Waals surface area contributed by atoms with Crippen LogP contribution in [0.25, 0.3) is 10.9 Å². The van der Waals surface area contributed by atoms with Gasteiger partial charge in [-0.15, -0.1) is 0 Å². The number of fused-ring (bicyclic) bond motifs is 1. The lowest BCUT2D eigenvalue weighted by Gasteiger charge is -2.16. The van der Waals surface area contributed by atoms with Gasteiger partial charge in [-0.1, -0.05) is 23.2 Å². The van der Waals surface area contributed by atoms with Crippen molar-refractivity contribution in [2.75, 3.05) is 11.9 Å². The van der Waals surface area contributed by atoms with Crippen molar-refractivity contribution in [1.29, 1.82) is 0 Å². The number of carbonyl (C=O) groups is 2. The molecule has 3 aromatic rings. The topological polar surface area (TPSA) is 66.1 Å². The van der Waals surface area contributed by atoms with Crippen molar-refractivity contribution >= 4 is 51.5 Å². The molecule has 2 heterocycles. The van der Waals surface area contributed by atoms with Crippen molar-refractivity contribution in [3.8, 4) is 0 Å². The number of nitrogens with one attached hydrogen (secondary N) is 1. The maximum absolute atomic E-state index is 12.9. The fraction of sp³-hybridized carbons (Fsp3) is 0.118. The summed E-state index contributed by atoms with van der Waals surface area (Å²) in [5, 5.41) is 1.66. The third-order valence-electron chi connectivity index (χ3n) is 3.72. The predicted molar refractivity (Wildman–Crippen MR) is 95.1 cm³/mol. The van der Waals surface area contributed by atoms with Gasteiger partial charge in [-0.05, 0) is 30.3 Å². The molecule has 1 amide bonds. The molecular formula is C17H13Cl2N3O2. The van der Waals surface area contributed by atoms with Gasteiger partial charge in [0.25, 0.3) is 0 Å². The molecular weight excluding hydrogens is 349 g/mol. The Morgan fingerprint density at radius 1 is 1.12 bits per heavy atom. The number of aromatic amines is 1. The van der Waals surface area contributed by atoms with Crippen LogP contribution in [0.5, 0.6) is 0 Å². The Kier molecular flexibility index (Phi) is 4.30. The van der Waals surface area contributed by atoms with Crippen LogP contribution in [0, 0.1) is 0 Å². The number of benzene rings is 1. The second kappa shape index (κ2) is 6.26. The Bertz CT molecular complexity index is 966. The standard InChI is InChI=1S/C17H13Cl2N3O2/c1-9(23)22(2)16-12-4-3-10(18)7-13(12)21-15(16)17(24)14-8-11(19)5-6-20-14/h3-8,21H,1-2H3. The predicted octanol–water partition coefficient (Wildman–Crippen LogP) is 4.08. The van der Waals surface area contributed by atoms with Gasteiger partial charge in [0.1, 0.15) is 11.4 Å². The Balaban J connectivity index is 2.24. The van der Waals surface area contributed by atoms with Gasteiger partial charge in [0.05, 0.1) is 5.69 Å². The summed E-state index contributed by atoms with van der Waals surface area (Å²) in [4.78, 5) is 33.3. The molecule has 122 valence electrons. The molecule has 1 N–H and O–H groups in total. The van der Waals surface area contributed by atoms with Gasteiger partial charge in [0.15, 0.2) is 0 Å². The maximum Gasteiger partial charge on any atom is 0.229 e. The first kappa shape index (κ1) is 16.5. The number of ketones is 1. The molecule has 0 bridgehead atoms. The summed E-state index contributed by atoms with van der Waals surface area (Å²) in [7, 11) is 1.61. The van der Waals surface area contributed by atoms with E-state index < -0.39 is 0 Å². The third kappa shape index (κ3) is 2.88. The number of H-pyrrole nitrogens is 1. The number of hydrogen-bond acceptors (Lipinski definition) is 3. The second-order valence-electron chi connectivity index (χ2n) is 5.30. The summed E-state index contributed by atoms with van der Waals surface area (Å²) in [6.07, 6.45) is 1.46. The number of rotatable bonds is 3. The van der Waals surface area contributed by atoms with Crippen LogP contribution in [0.15, 0.2) is 36.5 Å². The molecule has 0 aliphatic rings. The molecule has 2 aromatic heterocycles. The minimum Gasteiger partial charge on any atom is -0.350 e. The van der Waals surface area contributed by atoms with E-state index in [-0.39, 0.29) is 23.1 Å². The zero-order chi connectivity index (χ0) is 17.4. The minimum atomic E-state index is -0.354. The van der Waals surface area contributed by atoms with Crippen LogP contribution in [0.2, 0.25) is 10.0 Å². The largest absolute Gasteiger partial charge is 0.350 e. The van der Waals surface area contributed by atoms with Crippen LogP contribution in [-0.2, 0) is 4.79 Å². The van der Waals surface area contributed by atoms with Gasteiger partial charge in [-0.2, -0.15) is 0 Å². The molecule has 24 heavy (non-hydrogen) atoms. The Morgan fingerprint density at radius 3 is 2.50 bits per heavy atom. The number of amides is 1. The Morgan fingerprint density at radius 2 is 1.83 bits per heavy atom. The van der Waals surface area contributed by atoms with Gasteiger partial charge in [-0.25, -0.2) is 0 Å². The van der Waals surface area contributed by atoms with E-state index in [9.17, 15) is 9.59 Å². The molecule has 0 unspecified atom stereocenters. The molecule has 0 aliphatic heterocycles. The first-order chi connectivity index (χ1) is 11.4. The zero-order valence-electron chi connectivity index (χ0n) is 12.9. The summed E-state index contributed by atoms with van der Waals surface area (Å²) in [6.45, 7) is 1.43. The fourth-order valence-corrected chi connectivity index (χ4v) is 2.81. The highest BCUT2D eigenvalue weighted by Crippen LogP contribution is 2.33. The third-order valence-corrected chi connectivity index (χ3v) is 4.19. The van der Waals surface area contributed by atoms with Crippen molar-refractivity contribution < 1.29 is 9.59 Å². The van der Waals surface area contributed by atoms with Crippen molar-refractivity contribution in [3.63, 3.8) is 0 Å². The SMILES string of the molecule is CC(=O)N(C)c1c(C(=O)c2cc(Cl)ccn2)[nH]c2cc(Cl)ccc12. The van der Waals surface area contributed by atoms with Crippen LogP contribution >= 0.6 is 23.2 Å². The molecule has 0 saturated carbocycles. The Labute approximate surface area is 148 Å². The maximum atomic E-state index is 12.9. The van der Waals surface area contributed by atoms with Gasteiger partial charge in [-0.3, -0.25) is 14.6 Å². The van der Waals surface area contributed by atoms with Gasteiger partial charge >= 0.3 is 0 Å². The van der Waals surface area contributed by atoms with Crippen molar-refractivity contribution in [1.82, 2.24) is 9.97 Å². The average molecular weight is 362 g/mol. The van der Waals surface area contributed by atoms with Crippen LogP contribution in [0.3, 0.4) is 0 Å². The highest BCUT2D eigenvalue weighted by Gasteiger charge is 2.24. The number of aromatic nitrogens is 2. The number of hydrogen-bond donors (Lipinski definition) is 1. The number of carbonyl (C=O) groups excluding carboxylic acids is 2. The molecule has 5 nitrogen and oxygen atoms in total. The lowest BCUT2D eigenvalue weighted by molar-refractivity contribution is -0.116. The van der Waals surface area contributed by atoms with E-state index in [1.165, 1.54) is 24.1 Å². The van der Waals surface area contributed by atoms with Gasteiger partial charge < -0.3 is 9.88 Å². The molecule has 7 heteroatoms. The molecule has 0 saturated heterocycles. The van der Waals surface area contributed by atoms with Gasteiger partial charge in [0, 0.05) is 41.1 Å². The van der Waals surface area contributed by atoms with Crippen molar-refractivity contribution in [2.24, 2.45) is 0 Å². The second-order valence-corrected chi connectivity index (χ2v) is 6.18. The van der Waals surface area contributed by atoms with Crippen molar-refractivity contribution in [2.45, 2.75) is 6.92 Å². The molecule has 0 atom stereocenters. The number of nitrogens with zero attached hydrogens (tertiary/aromatic N) is 2. The molecule has 0 spiro atoms. The van der Waals surface area contributed by atoms with E-state index in [0.29, 0.717) is 21.2 Å². The normalized spacial score (nSPS) is 10.8. The lowest BCUT2D eigenvalue weighted by atomic mass is 10.1. The van der Waals surface area contributed by atoms with E-state index >= 15 is 0 Å². The van der Waals surface area contributed by atoms with Crippen LogP contribution < -0.4 is 4.90 Å². The van der Waals surface area contributed by atoms with E-state index in [2.05, 4.69) is 9.97 Å². The highest BCUT2D eigenvalue weighted by molar-refractivity contribution is 6.32. The summed E-state index contributed by atoms with van der Waals surface area (Å²) in [5.41, 5.74) is 1.61. The molecule has 1 aromatic carbocycles. The smallest absolute Gasteiger partial charge is 0.229 e. The van der Waals surface area contributed by atoms with Crippen LogP contribution in [-0.4, -0.2) is 28.7 Å². The molecule has 0 radical (unpaired) electrons. The van der Waals surface area contributed by atoms with E-state index in [1.807, 2.05) is 0 Å². The average Bonchev–Trinajstić information content (AvgIpc) is 2.91. The minimum absolute atomic E-state index is 0.193. The monoisotopic (exact) mass is 361 g/mol. The van der Waals surface area contributed by atoms with Crippen LogP contribution in [0.4, 0.5) is 5.69 Å². The highest BCUT2D eigenvalue weighted by atomic mass is 35.5. The zero-order valence-corrected chi connectivity index (χ0v) is 14.4. The first-order valence-corrected chi connectivity index (χ1v) is 7.86. The number of halogens is 2. The molecule has 0 fully saturated rings. The van der Waals surface area contributed by atoms with Crippen LogP contribution in [0.1, 0.15) is 23.1 Å². The number of anilines is 1. The van der Waals surface area contributed by atoms with E-state index in [4.69, 9.17) is 23.2 Å².